The van der Waals surface area contributed by atoms with Crippen LogP contribution in [0.15, 0.2) is 48.5 Å². The molecule has 27 heavy (non-hydrogen) atoms. The normalized spacial score (nSPS) is 11.5. The number of amides is 2. The van der Waals surface area contributed by atoms with Crippen molar-refractivity contribution in [2.45, 2.75) is 46.1 Å². The van der Waals surface area contributed by atoms with Crippen molar-refractivity contribution in [2.75, 3.05) is 11.9 Å². The lowest BCUT2D eigenvalue weighted by Gasteiger charge is -2.12. The minimum atomic E-state index is -0.203. The summed E-state index contributed by atoms with van der Waals surface area (Å²) >= 11 is 0. The van der Waals surface area contributed by atoms with Gasteiger partial charge in [-0.1, -0.05) is 20.3 Å². The van der Waals surface area contributed by atoms with Gasteiger partial charge < -0.3 is 15.4 Å². The van der Waals surface area contributed by atoms with Crippen LogP contribution in [0.1, 0.15) is 60.7 Å². The Morgan fingerprint density at radius 1 is 0.926 bits per heavy atom. The lowest BCUT2D eigenvalue weighted by Crippen LogP contribution is -2.24. The number of carbonyl (C=O) groups is 2. The van der Waals surface area contributed by atoms with E-state index in [4.69, 9.17) is 4.74 Å². The van der Waals surface area contributed by atoms with Crippen molar-refractivity contribution in [2.24, 2.45) is 0 Å². The SMILES string of the molecule is CCCCNC(=O)c1ccc(NC(=O)c2ccc(OC(C)CC)cc2)cc1. The number of nitrogens with one attached hydrogen (secondary N) is 2. The zero-order valence-corrected chi connectivity index (χ0v) is 16.2. The van der Waals surface area contributed by atoms with Crippen LogP contribution in [0.5, 0.6) is 5.75 Å². The van der Waals surface area contributed by atoms with E-state index in [1.54, 1.807) is 48.5 Å². The molecule has 0 fully saturated rings. The fourth-order valence-electron chi connectivity index (χ4n) is 2.39. The quantitative estimate of drug-likeness (QED) is 0.633. The lowest BCUT2D eigenvalue weighted by atomic mass is 10.1. The van der Waals surface area contributed by atoms with E-state index in [2.05, 4.69) is 24.5 Å². The third kappa shape index (κ3) is 6.44. The van der Waals surface area contributed by atoms with Gasteiger partial charge in [0.1, 0.15) is 5.75 Å². The van der Waals surface area contributed by atoms with Gasteiger partial charge in [-0.25, -0.2) is 0 Å². The van der Waals surface area contributed by atoms with Gasteiger partial charge in [-0.3, -0.25) is 9.59 Å². The lowest BCUT2D eigenvalue weighted by molar-refractivity contribution is 0.0952. The number of hydrogen-bond donors (Lipinski definition) is 2. The molecule has 0 heterocycles. The number of unbranched alkanes of at least 4 members (excludes halogenated alkanes) is 1. The van der Waals surface area contributed by atoms with E-state index in [1.165, 1.54) is 0 Å². The molecule has 2 amide bonds. The van der Waals surface area contributed by atoms with Gasteiger partial charge >= 0.3 is 0 Å². The Hall–Kier alpha value is -2.82. The number of benzene rings is 2. The summed E-state index contributed by atoms with van der Waals surface area (Å²) in [6.07, 6.45) is 3.06. The third-order valence-corrected chi connectivity index (χ3v) is 4.25. The highest BCUT2D eigenvalue weighted by Gasteiger charge is 2.09. The molecule has 0 saturated carbocycles. The summed E-state index contributed by atoms with van der Waals surface area (Å²) in [6, 6.07) is 13.9. The van der Waals surface area contributed by atoms with Gasteiger partial charge in [0.15, 0.2) is 0 Å². The van der Waals surface area contributed by atoms with E-state index < -0.39 is 0 Å². The maximum absolute atomic E-state index is 12.4. The molecule has 0 aromatic heterocycles. The summed E-state index contributed by atoms with van der Waals surface area (Å²) in [5.41, 5.74) is 1.77. The second kappa shape index (κ2) is 10.4. The van der Waals surface area contributed by atoms with Crippen molar-refractivity contribution in [3.05, 3.63) is 59.7 Å². The van der Waals surface area contributed by atoms with Gasteiger partial charge in [-0.2, -0.15) is 0 Å². The van der Waals surface area contributed by atoms with Crippen LogP contribution in [0, 0.1) is 0 Å². The summed E-state index contributed by atoms with van der Waals surface area (Å²) in [4.78, 5) is 24.4. The van der Waals surface area contributed by atoms with E-state index in [-0.39, 0.29) is 17.9 Å². The first kappa shape index (κ1) is 20.5. The van der Waals surface area contributed by atoms with Gasteiger partial charge in [0.25, 0.3) is 11.8 Å². The maximum Gasteiger partial charge on any atom is 0.255 e. The highest BCUT2D eigenvalue weighted by atomic mass is 16.5. The fraction of sp³-hybridized carbons (Fsp3) is 0.364. The van der Waals surface area contributed by atoms with Crippen LogP contribution in [0.3, 0.4) is 0 Å². The molecule has 0 spiro atoms. The molecule has 0 radical (unpaired) electrons. The summed E-state index contributed by atoms with van der Waals surface area (Å²) in [7, 11) is 0. The topological polar surface area (TPSA) is 67.4 Å². The van der Waals surface area contributed by atoms with Crippen LogP contribution in [0.4, 0.5) is 5.69 Å². The van der Waals surface area contributed by atoms with E-state index in [1.807, 2.05) is 6.92 Å². The molecule has 0 aliphatic carbocycles. The molecule has 0 aliphatic heterocycles. The van der Waals surface area contributed by atoms with Gasteiger partial charge in [0.05, 0.1) is 6.10 Å². The second-order valence-corrected chi connectivity index (χ2v) is 6.50. The van der Waals surface area contributed by atoms with E-state index in [0.717, 1.165) is 25.0 Å². The smallest absolute Gasteiger partial charge is 0.255 e. The highest BCUT2D eigenvalue weighted by Crippen LogP contribution is 2.16. The largest absolute Gasteiger partial charge is 0.491 e. The van der Waals surface area contributed by atoms with E-state index in [0.29, 0.717) is 23.4 Å². The van der Waals surface area contributed by atoms with E-state index in [9.17, 15) is 9.59 Å². The first-order valence-corrected chi connectivity index (χ1v) is 9.49. The Kier molecular flexibility index (Phi) is 7.86. The van der Waals surface area contributed by atoms with Crippen LogP contribution >= 0.6 is 0 Å². The van der Waals surface area contributed by atoms with Crippen molar-refractivity contribution in [1.82, 2.24) is 5.32 Å². The zero-order chi connectivity index (χ0) is 19.6. The van der Waals surface area contributed by atoms with Crippen LogP contribution < -0.4 is 15.4 Å². The average molecular weight is 368 g/mol. The molecule has 0 bridgehead atoms. The Morgan fingerprint density at radius 2 is 1.52 bits per heavy atom. The minimum Gasteiger partial charge on any atom is -0.491 e. The van der Waals surface area contributed by atoms with E-state index >= 15 is 0 Å². The second-order valence-electron chi connectivity index (χ2n) is 6.50. The number of ether oxygens (including phenoxy) is 1. The molecular weight excluding hydrogens is 340 g/mol. The van der Waals surface area contributed by atoms with Crippen molar-refractivity contribution in [3.63, 3.8) is 0 Å². The molecule has 1 atom stereocenters. The van der Waals surface area contributed by atoms with Gasteiger partial charge in [-0.15, -0.1) is 0 Å². The number of hydrogen-bond acceptors (Lipinski definition) is 3. The van der Waals surface area contributed by atoms with Crippen LogP contribution in [0.25, 0.3) is 0 Å². The Labute approximate surface area is 161 Å². The number of anilines is 1. The van der Waals surface area contributed by atoms with Gasteiger partial charge in [0, 0.05) is 23.4 Å². The van der Waals surface area contributed by atoms with Crippen LogP contribution in [0.2, 0.25) is 0 Å². The molecule has 2 aromatic rings. The number of rotatable bonds is 9. The molecule has 1 unspecified atom stereocenters. The third-order valence-electron chi connectivity index (χ3n) is 4.25. The predicted octanol–water partition coefficient (Wildman–Crippen LogP) is 4.65. The van der Waals surface area contributed by atoms with Crippen molar-refractivity contribution in [3.8, 4) is 5.75 Å². The summed E-state index contributed by atoms with van der Waals surface area (Å²) in [6.45, 7) is 6.82. The number of carbonyl (C=O) groups excluding carboxylic acids is 2. The van der Waals surface area contributed by atoms with Crippen molar-refractivity contribution in [1.29, 1.82) is 0 Å². The monoisotopic (exact) mass is 368 g/mol. The Balaban J connectivity index is 1.92. The molecule has 5 nitrogen and oxygen atoms in total. The molecule has 2 N–H and O–H groups in total. The van der Waals surface area contributed by atoms with Crippen molar-refractivity contribution >= 4 is 17.5 Å². The molecule has 2 aromatic carbocycles. The Morgan fingerprint density at radius 3 is 2.11 bits per heavy atom. The Bertz CT molecular complexity index is 739. The highest BCUT2D eigenvalue weighted by molar-refractivity contribution is 6.04. The predicted molar refractivity (Wildman–Crippen MR) is 108 cm³/mol. The molecule has 2 rings (SSSR count). The maximum atomic E-state index is 12.4. The minimum absolute atomic E-state index is 0.0989. The van der Waals surface area contributed by atoms with Crippen LogP contribution in [-0.2, 0) is 0 Å². The molecule has 0 saturated heterocycles. The summed E-state index contributed by atoms with van der Waals surface area (Å²) in [5.74, 6) is 0.447. The zero-order valence-electron chi connectivity index (χ0n) is 16.2. The fourth-order valence-corrected chi connectivity index (χ4v) is 2.39. The molecule has 5 heteroatoms. The van der Waals surface area contributed by atoms with Gasteiger partial charge in [-0.05, 0) is 68.3 Å². The average Bonchev–Trinajstić information content (AvgIpc) is 2.69. The standard InChI is InChI=1S/C22H28N2O3/c1-4-6-15-23-21(25)17-7-11-19(12-8-17)24-22(26)18-9-13-20(14-10-18)27-16(3)5-2/h7-14,16H,4-6,15H2,1-3H3,(H,23,25)(H,24,26). The molecule has 144 valence electrons. The summed E-state index contributed by atoms with van der Waals surface area (Å²) in [5, 5.41) is 5.71. The first-order chi connectivity index (χ1) is 13.0. The molecular formula is C22H28N2O3. The van der Waals surface area contributed by atoms with Crippen molar-refractivity contribution < 1.29 is 14.3 Å². The summed E-state index contributed by atoms with van der Waals surface area (Å²) < 4.78 is 5.72. The van der Waals surface area contributed by atoms with Crippen LogP contribution in [-0.4, -0.2) is 24.5 Å². The molecule has 0 aliphatic rings. The van der Waals surface area contributed by atoms with Gasteiger partial charge in [0.2, 0.25) is 0 Å². The first-order valence-electron chi connectivity index (χ1n) is 9.49.